The Hall–Kier alpha value is -3.00. The molecule has 0 saturated heterocycles. The van der Waals surface area contributed by atoms with Crippen LogP contribution in [0, 0.1) is 0 Å². The van der Waals surface area contributed by atoms with E-state index in [9.17, 15) is 18.3 Å². The fourth-order valence-electron chi connectivity index (χ4n) is 2.62. The number of aromatic nitrogens is 1. The topological polar surface area (TPSA) is 125 Å². The number of aromatic hydroxyl groups is 1. The van der Waals surface area contributed by atoms with Crippen LogP contribution in [0.4, 0.5) is 5.69 Å². The lowest BCUT2D eigenvalue weighted by Crippen LogP contribution is -2.16. The maximum absolute atomic E-state index is 12.6. The zero-order valence-electron chi connectivity index (χ0n) is 14.3. The van der Waals surface area contributed by atoms with E-state index in [-0.39, 0.29) is 16.2 Å². The molecule has 0 fully saturated rings. The number of primary amides is 1. The van der Waals surface area contributed by atoms with Gasteiger partial charge in [0.05, 0.1) is 16.1 Å². The molecule has 0 atom stereocenters. The van der Waals surface area contributed by atoms with Gasteiger partial charge in [0.15, 0.2) is 0 Å². The Morgan fingerprint density at radius 3 is 2.54 bits per heavy atom. The fraction of sp³-hybridized carbons (Fsp3) is 0.167. The van der Waals surface area contributed by atoms with Gasteiger partial charge in [0.25, 0.3) is 15.9 Å². The number of carbonyl (C=O) groups excluding carboxylic acids is 1. The monoisotopic (exact) mass is 373 g/mol. The van der Waals surface area contributed by atoms with Crippen LogP contribution in [0.2, 0.25) is 0 Å². The summed E-state index contributed by atoms with van der Waals surface area (Å²) < 4.78 is 27.6. The molecule has 0 saturated carbocycles. The van der Waals surface area contributed by atoms with Gasteiger partial charge in [0.1, 0.15) is 5.75 Å². The Kier molecular flexibility index (Phi) is 4.37. The fourth-order valence-corrected chi connectivity index (χ4v) is 3.69. The molecule has 1 amide bonds. The zero-order valence-corrected chi connectivity index (χ0v) is 15.1. The predicted octanol–water partition coefficient (Wildman–Crippen LogP) is 2.90. The smallest absolute Gasteiger partial charge is 0.261 e. The minimum Gasteiger partial charge on any atom is -0.507 e. The highest BCUT2D eigenvalue weighted by Gasteiger charge is 2.18. The van der Waals surface area contributed by atoms with Gasteiger partial charge < -0.3 is 15.8 Å². The lowest BCUT2D eigenvalue weighted by Gasteiger charge is -2.10. The molecule has 1 heterocycles. The van der Waals surface area contributed by atoms with E-state index in [4.69, 9.17) is 5.73 Å². The Balaban J connectivity index is 1.95. The quantitative estimate of drug-likeness (QED) is 0.548. The van der Waals surface area contributed by atoms with E-state index < -0.39 is 15.9 Å². The first-order valence-corrected chi connectivity index (χ1v) is 9.44. The third-order valence-electron chi connectivity index (χ3n) is 4.06. The van der Waals surface area contributed by atoms with Crippen LogP contribution in [0.15, 0.2) is 47.4 Å². The van der Waals surface area contributed by atoms with Gasteiger partial charge in [-0.05, 0) is 47.7 Å². The van der Waals surface area contributed by atoms with Gasteiger partial charge in [-0.15, -0.1) is 0 Å². The molecule has 3 rings (SSSR count). The van der Waals surface area contributed by atoms with Crippen LogP contribution in [0.3, 0.4) is 0 Å². The maximum atomic E-state index is 12.6. The number of phenols is 1. The van der Waals surface area contributed by atoms with Gasteiger partial charge in [-0.2, -0.15) is 0 Å². The molecule has 0 aliphatic heterocycles. The van der Waals surface area contributed by atoms with Crippen LogP contribution in [-0.4, -0.2) is 24.4 Å². The van der Waals surface area contributed by atoms with Crippen LogP contribution >= 0.6 is 0 Å². The summed E-state index contributed by atoms with van der Waals surface area (Å²) in [7, 11) is -3.95. The summed E-state index contributed by atoms with van der Waals surface area (Å²) >= 11 is 0. The molecule has 26 heavy (non-hydrogen) atoms. The molecule has 1 aromatic heterocycles. The number of carbonyl (C=O) groups is 1. The molecule has 0 aliphatic carbocycles. The van der Waals surface area contributed by atoms with Crippen molar-refractivity contribution in [3.05, 3.63) is 53.7 Å². The summed E-state index contributed by atoms with van der Waals surface area (Å²) in [6.45, 7) is 4.13. The van der Waals surface area contributed by atoms with E-state index in [0.29, 0.717) is 11.6 Å². The SMILES string of the molecule is CC(C)c1cc2ccc(NS(=O)(=O)c3ccc(O)c(C(N)=O)c3)cc2[nH]1. The lowest BCUT2D eigenvalue weighted by atomic mass is 10.1. The third kappa shape index (κ3) is 3.36. The van der Waals surface area contributed by atoms with E-state index >= 15 is 0 Å². The number of aromatic amines is 1. The summed E-state index contributed by atoms with van der Waals surface area (Å²) in [5, 5.41) is 10.6. The van der Waals surface area contributed by atoms with Crippen molar-refractivity contribution in [1.29, 1.82) is 0 Å². The highest BCUT2D eigenvalue weighted by Crippen LogP contribution is 2.26. The minimum absolute atomic E-state index is 0.168. The van der Waals surface area contributed by atoms with Crippen molar-refractivity contribution in [2.24, 2.45) is 5.73 Å². The summed E-state index contributed by atoms with van der Waals surface area (Å²) in [6.07, 6.45) is 0. The number of benzene rings is 2. The summed E-state index contributed by atoms with van der Waals surface area (Å²) in [5.41, 5.74) is 7.15. The van der Waals surface area contributed by atoms with Crippen molar-refractivity contribution in [2.75, 3.05) is 4.72 Å². The first-order chi connectivity index (χ1) is 12.2. The van der Waals surface area contributed by atoms with Crippen LogP contribution < -0.4 is 10.5 Å². The van der Waals surface area contributed by atoms with Crippen LogP contribution in [0.5, 0.6) is 5.75 Å². The Morgan fingerprint density at radius 1 is 1.15 bits per heavy atom. The Morgan fingerprint density at radius 2 is 1.88 bits per heavy atom. The van der Waals surface area contributed by atoms with Crippen molar-refractivity contribution in [3.8, 4) is 5.75 Å². The minimum atomic E-state index is -3.95. The Labute approximate surface area is 150 Å². The largest absolute Gasteiger partial charge is 0.507 e. The van der Waals surface area contributed by atoms with E-state index in [1.165, 1.54) is 6.07 Å². The maximum Gasteiger partial charge on any atom is 0.261 e. The number of amides is 1. The molecule has 0 bridgehead atoms. The van der Waals surface area contributed by atoms with E-state index in [1.807, 2.05) is 12.1 Å². The molecule has 0 spiro atoms. The van der Waals surface area contributed by atoms with E-state index in [0.717, 1.165) is 28.7 Å². The molecule has 3 aromatic rings. The van der Waals surface area contributed by atoms with E-state index in [1.54, 1.807) is 12.1 Å². The molecular formula is C18H19N3O4S. The highest BCUT2D eigenvalue weighted by atomic mass is 32.2. The number of sulfonamides is 1. The number of rotatable bonds is 5. The molecule has 2 aromatic carbocycles. The standard InChI is InChI=1S/C18H19N3O4S/c1-10(2)15-7-11-3-4-12(8-16(11)20-15)21-26(24,25)13-5-6-17(22)14(9-13)18(19)23/h3-10,20-22H,1-2H3,(H2,19,23). The molecule has 0 aliphatic rings. The number of H-pyrrole nitrogens is 1. The number of anilines is 1. The second-order valence-corrected chi connectivity index (χ2v) is 8.01. The first kappa shape index (κ1) is 17.8. The summed E-state index contributed by atoms with van der Waals surface area (Å²) in [5.74, 6) is -0.953. The van der Waals surface area contributed by atoms with Crippen LogP contribution in [-0.2, 0) is 10.0 Å². The molecule has 8 heteroatoms. The van der Waals surface area contributed by atoms with Crippen molar-refractivity contribution in [1.82, 2.24) is 4.98 Å². The molecule has 7 nitrogen and oxygen atoms in total. The number of nitrogens with one attached hydrogen (secondary N) is 2. The van der Waals surface area contributed by atoms with Gasteiger partial charge in [-0.1, -0.05) is 19.9 Å². The number of fused-ring (bicyclic) bond motifs is 1. The molecular weight excluding hydrogens is 354 g/mol. The summed E-state index contributed by atoms with van der Waals surface area (Å²) in [6, 6.07) is 10.6. The third-order valence-corrected chi connectivity index (χ3v) is 5.44. The van der Waals surface area contributed by atoms with Crippen LogP contribution in [0.25, 0.3) is 10.9 Å². The molecule has 5 N–H and O–H groups in total. The van der Waals surface area contributed by atoms with Crippen molar-refractivity contribution in [3.63, 3.8) is 0 Å². The second-order valence-electron chi connectivity index (χ2n) is 6.33. The van der Waals surface area contributed by atoms with Crippen molar-refractivity contribution < 1.29 is 18.3 Å². The van der Waals surface area contributed by atoms with E-state index in [2.05, 4.69) is 23.6 Å². The van der Waals surface area contributed by atoms with Gasteiger partial charge in [-0.25, -0.2) is 8.42 Å². The summed E-state index contributed by atoms with van der Waals surface area (Å²) in [4.78, 5) is 14.4. The average Bonchev–Trinajstić information content (AvgIpc) is 2.98. The van der Waals surface area contributed by atoms with Gasteiger partial charge in [0, 0.05) is 11.2 Å². The van der Waals surface area contributed by atoms with Crippen LogP contribution in [0.1, 0.15) is 35.8 Å². The average molecular weight is 373 g/mol. The molecule has 0 unspecified atom stereocenters. The predicted molar refractivity (Wildman–Crippen MR) is 99.8 cm³/mol. The number of nitrogens with two attached hydrogens (primary N) is 1. The van der Waals surface area contributed by atoms with Crippen molar-refractivity contribution >= 4 is 32.5 Å². The lowest BCUT2D eigenvalue weighted by molar-refractivity contribution is 0.0997. The molecule has 0 radical (unpaired) electrons. The first-order valence-electron chi connectivity index (χ1n) is 7.95. The number of hydrogen-bond acceptors (Lipinski definition) is 4. The van der Waals surface area contributed by atoms with Crippen molar-refractivity contribution in [2.45, 2.75) is 24.7 Å². The molecule has 136 valence electrons. The van der Waals surface area contributed by atoms with Gasteiger partial charge in [-0.3, -0.25) is 9.52 Å². The highest BCUT2D eigenvalue weighted by molar-refractivity contribution is 7.92. The normalized spacial score (nSPS) is 11.8. The number of hydrogen-bond donors (Lipinski definition) is 4. The zero-order chi connectivity index (χ0) is 19.1. The van der Waals surface area contributed by atoms with Gasteiger partial charge in [0.2, 0.25) is 0 Å². The Bertz CT molecular complexity index is 1100. The van der Waals surface area contributed by atoms with Gasteiger partial charge >= 0.3 is 0 Å². The second kappa shape index (κ2) is 6.38.